The molecule has 36 heavy (non-hydrogen) atoms. The van der Waals surface area contributed by atoms with Crippen LogP contribution in [0.5, 0.6) is 0 Å². The van der Waals surface area contributed by atoms with Crippen LogP contribution in [0.25, 0.3) is 43.8 Å². The van der Waals surface area contributed by atoms with Crippen molar-refractivity contribution in [1.29, 1.82) is 0 Å². The van der Waals surface area contributed by atoms with Gasteiger partial charge in [-0.25, -0.2) is 0 Å². The third kappa shape index (κ3) is 3.46. The van der Waals surface area contributed by atoms with E-state index < -0.39 is 75.5 Å². The van der Waals surface area contributed by atoms with Crippen LogP contribution in [0.1, 0.15) is 11.1 Å². The molecule has 0 saturated carbocycles. The molecule has 0 aliphatic carbocycles. The molecule has 5 rings (SSSR count). The Kier molecular flexibility index (Phi) is 5.92. The molecule has 0 aliphatic heterocycles. The average molecular weight is 555 g/mol. The Labute approximate surface area is 211 Å². The van der Waals surface area contributed by atoms with Crippen molar-refractivity contribution >= 4 is 44.3 Å². The Hall–Kier alpha value is -3.23. The van der Waals surface area contributed by atoms with Crippen molar-refractivity contribution in [2.75, 3.05) is 0 Å². The van der Waals surface area contributed by atoms with Gasteiger partial charge in [0.15, 0.2) is 0 Å². The quantitative estimate of drug-likeness (QED) is 0.0713. The van der Waals surface area contributed by atoms with Crippen molar-refractivity contribution in [3.05, 3.63) is 100 Å². The Bertz CT molecular complexity index is 1580. The van der Waals surface area contributed by atoms with Gasteiger partial charge < -0.3 is 0 Å². The summed E-state index contributed by atoms with van der Waals surface area (Å²) in [5.74, 6) is -13.0. The fourth-order valence-corrected chi connectivity index (χ4v) is 6.20. The Balaban J connectivity index is 2.23. The molecule has 0 fully saturated rings. The van der Waals surface area contributed by atoms with E-state index in [4.69, 9.17) is 0 Å². The number of rotatable bonds is 2. The van der Waals surface area contributed by atoms with E-state index in [1.165, 1.54) is 0 Å². The standard InChI is InChI=1S/C28H14F7.Ga.2H/c1-12-3-7-14(8-4-12)18-16-11-17(29)23(30)24(31)20(16)22-21(25(32)27(34)28(35)26(22)33)19(18)15-9-5-13(2)6-10-15;;;/h3-10H,1-2H3;;;. The molecule has 0 heterocycles. The van der Waals surface area contributed by atoms with Crippen LogP contribution in [0.3, 0.4) is 0 Å². The topological polar surface area (TPSA) is 0 Å². The van der Waals surface area contributed by atoms with Crippen LogP contribution in [0.15, 0.2) is 48.5 Å². The summed E-state index contributed by atoms with van der Waals surface area (Å²) in [4.78, 5) is 0. The van der Waals surface area contributed by atoms with E-state index in [0.717, 1.165) is 11.1 Å². The molecule has 0 bridgehead atoms. The van der Waals surface area contributed by atoms with Gasteiger partial charge in [0.1, 0.15) is 0 Å². The van der Waals surface area contributed by atoms with Gasteiger partial charge >= 0.3 is 211 Å². The molecule has 0 N–H and O–H groups in total. The summed E-state index contributed by atoms with van der Waals surface area (Å²) < 4.78 is 105. The third-order valence-corrected chi connectivity index (χ3v) is 8.48. The second-order valence-electron chi connectivity index (χ2n) is 8.80. The molecular weight excluding hydrogens is 539 g/mol. The minimum absolute atomic E-state index is 0.0755. The van der Waals surface area contributed by atoms with Crippen LogP contribution >= 0.6 is 0 Å². The second-order valence-corrected chi connectivity index (χ2v) is 10.9. The van der Waals surface area contributed by atoms with E-state index >= 15 is 13.2 Å². The second kappa shape index (κ2) is 8.71. The molecule has 0 radical (unpaired) electrons. The molecule has 0 saturated heterocycles. The van der Waals surface area contributed by atoms with Crippen molar-refractivity contribution < 1.29 is 30.7 Å². The van der Waals surface area contributed by atoms with Gasteiger partial charge in [0.25, 0.3) is 0 Å². The molecule has 5 aromatic rings. The van der Waals surface area contributed by atoms with Crippen LogP contribution < -0.4 is 4.12 Å². The van der Waals surface area contributed by atoms with E-state index in [9.17, 15) is 17.6 Å². The molecule has 0 aliphatic rings. The van der Waals surface area contributed by atoms with Crippen LogP contribution in [0, 0.1) is 54.6 Å². The first-order valence-corrected chi connectivity index (χ1v) is 13.1. The summed E-state index contributed by atoms with van der Waals surface area (Å²) >= 11 is -0.616. The first-order chi connectivity index (χ1) is 17.0. The van der Waals surface area contributed by atoms with E-state index in [0.29, 0.717) is 5.56 Å². The fraction of sp³-hybridized carbons (Fsp3) is 0.0714. The maximum atomic E-state index is 15.5. The molecule has 0 unspecified atom stereocenters. The van der Waals surface area contributed by atoms with Crippen molar-refractivity contribution in [2.24, 2.45) is 0 Å². The zero-order valence-corrected chi connectivity index (χ0v) is 23.5. The predicted molar refractivity (Wildman–Crippen MR) is 130 cm³/mol. The van der Waals surface area contributed by atoms with Gasteiger partial charge in [-0.3, -0.25) is 0 Å². The normalized spacial score (nSPS) is 11.6. The number of aryl methyl sites for hydroxylation is 2. The molecular formula is C28H16F7Ga. The molecule has 180 valence electrons. The zero-order valence-electron chi connectivity index (χ0n) is 19.3. The molecule has 5 aromatic carbocycles. The third-order valence-electron chi connectivity index (χ3n) is 6.51. The van der Waals surface area contributed by atoms with Crippen molar-refractivity contribution in [1.82, 2.24) is 0 Å². The maximum absolute atomic E-state index is 15.5. The summed E-state index contributed by atoms with van der Waals surface area (Å²) in [6, 6.07) is 13.1. The number of halogens is 7. The van der Waals surface area contributed by atoms with Gasteiger partial charge in [-0.15, -0.1) is 0 Å². The number of hydrogen-bond acceptors (Lipinski definition) is 0. The van der Waals surface area contributed by atoms with Gasteiger partial charge in [-0.05, 0) is 0 Å². The number of hydrogen-bond donors (Lipinski definition) is 0. The van der Waals surface area contributed by atoms with Crippen LogP contribution in [0.4, 0.5) is 30.7 Å². The summed E-state index contributed by atoms with van der Waals surface area (Å²) in [6.07, 6.45) is 0. The SMILES string of the molecule is Cc1ccc(-c2c(-c3ccc(C)cc3)c3[c]([GaH2])c(F)c(F)c(F)c3c3c(F)c(F)c(F)c(F)c23)cc1. The van der Waals surface area contributed by atoms with Crippen molar-refractivity contribution in [3.63, 3.8) is 0 Å². The minimum atomic E-state index is -2.16. The van der Waals surface area contributed by atoms with Gasteiger partial charge in [-0.2, -0.15) is 0 Å². The van der Waals surface area contributed by atoms with Gasteiger partial charge in [0.05, 0.1) is 0 Å². The zero-order chi connectivity index (χ0) is 26.0. The molecule has 0 aromatic heterocycles. The summed E-state index contributed by atoms with van der Waals surface area (Å²) in [5, 5.41) is -2.75. The fourth-order valence-electron chi connectivity index (χ4n) is 4.69. The van der Waals surface area contributed by atoms with E-state index in [1.54, 1.807) is 55.5 Å². The first-order valence-electron chi connectivity index (χ1n) is 11.0. The summed E-state index contributed by atoms with van der Waals surface area (Å²) in [6.45, 7) is 3.61. The predicted octanol–water partition coefficient (Wildman–Crippen LogP) is 7.18. The molecule has 0 spiro atoms. The first kappa shape index (κ1) is 24.5. The average Bonchev–Trinajstić information content (AvgIpc) is 2.87. The Morgan fingerprint density at radius 2 is 0.750 bits per heavy atom. The number of benzene rings is 5. The summed E-state index contributed by atoms with van der Waals surface area (Å²) in [5.41, 5.74) is 2.32. The van der Waals surface area contributed by atoms with Crippen LogP contribution in [-0.2, 0) is 0 Å². The Morgan fingerprint density at radius 1 is 0.417 bits per heavy atom. The molecule has 0 amide bonds. The van der Waals surface area contributed by atoms with Crippen LogP contribution in [0.2, 0.25) is 0 Å². The van der Waals surface area contributed by atoms with Crippen molar-refractivity contribution in [2.45, 2.75) is 13.8 Å². The molecule has 8 heteroatoms. The van der Waals surface area contributed by atoms with Gasteiger partial charge in [0.2, 0.25) is 0 Å². The van der Waals surface area contributed by atoms with E-state index in [1.807, 2.05) is 6.92 Å². The Morgan fingerprint density at radius 3 is 1.19 bits per heavy atom. The molecule has 0 nitrogen and oxygen atoms in total. The van der Waals surface area contributed by atoms with Crippen LogP contribution in [-0.4, -0.2) is 18.6 Å². The van der Waals surface area contributed by atoms with Gasteiger partial charge in [0, 0.05) is 0 Å². The number of fused-ring (bicyclic) bond motifs is 3. The summed E-state index contributed by atoms with van der Waals surface area (Å²) in [7, 11) is 0. The van der Waals surface area contributed by atoms with Gasteiger partial charge in [-0.1, -0.05) is 0 Å². The van der Waals surface area contributed by atoms with E-state index in [-0.39, 0.29) is 26.2 Å². The monoisotopic (exact) mass is 554 g/mol. The van der Waals surface area contributed by atoms with Crippen molar-refractivity contribution in [3.8, 4) is 22.3 Å². The van der Waals surface area contributed by atoms with E-state index in [2.05, 4.69) is 0 Å². The molecule has 0 atom stereocenters.